The highest BCUT2D eigenvalue weighted by Crippen LogP contribution is 2.27. The number of oxazole rings is 1. The molecule has 1 atom stereocenters. The largest absolute Gasteiger partial charge is 0.438 e. The van der Waals surface area contributed by atoms with Gasteiger partial charge in [-0.25, -0.2) is 4.98 Å². The lowest BCUT2D eigenvalue weighted by molar-refractivity contribution is 0.165. The fourth-order valence-corrected chi connectivity index (χ4v) is 1.86. The zero-order chi connectivity index (χ0) is 11.1. The first-order chi connectivity index (χ1) is 7.75. The molecule has 3 nitrogen and oxygen atoms in total. The van der Waals surface area contributed by atoms with Gasteiger partial charge in [-0.1, -0.05) is 30.3 Å². The minimum atomic E-state index is -0.675. The van der Waals surface area contributed by atoms with Crippen LogP contribution in [0, 0.1) is 0 Å². The Morgan fingerprint density at radius 3 is 2.81 bits per heavy atom. The molecule has 0 bridgehead atoms. The van der Waals surface area contributed by atoms with Crippen molar-refractivity contribution in [3.05, 3.63) is 42.3 Å². The highest BCUT2D eigenvalue weighted by molar-refractivity contribution is 6.03. The molecule has 1 aromatic heterocycles. The van der Waals surface area contributed by atoms with Gasteiger partial charge in [0.1, 0.15) is 11.6 Å². The molecule has 0 spiro atoms. The first-order valence-electron chi connectivity index (χ1n) is 5.22. The third-order valence-electron chi connectivity index (χ3n) is 2.66. The Hall–Kier alpha value is -1.87. The second-order valence-corrected chi connectivity index (χ2v) is 3.86. The van der Waals surface area contributed by atoms with E-state index in [9.17, 15) is 5.11 Å². The fourth-order valence-electron chi connectivity index (χ4n) is 1.86. The summed E-state index contributed by atoms with van der Waals surface area (Å²) in [5.74, 6) is 0.367. The van der Waals surface area contributed by atoms with Gasteiger partial charge in [-0.05, 0) is 18.4 Å². The lowest BCUT2D eigenvalue weighted by Crippen LogP contribution is -1.89. The number of hydrogen-bond donors (Lipinski definition) is 1. The molecule has 1 N–H and O–H groups in total. The summed E-state index contributed by atoms with van der Waals surface area (Å²) in [5.41, 5.74) is 1.53. The molecule has 0 radical (unpaired) electrons. The van der Waals surface area contributed by atoms with E-state index in [0.717, 1.165) is 21.9 Å². The standard InChI is InChI=1S/C13H11NO2/c1-8(15)13-14-12-10-5-3-2-4-9(10)6-7-11(12)16-13/h2-8,15H,1H3/t8-/m0/s1. The molecule has 0 unspecified atom stereocenters. The third-order valence-corrected chi connectivity index (χ3v) is 2.66. The second-order valence-electron chi connectivity index (χ2n) is 3.86. The summed E-state index contributed by atoms with van der Waals surface area (Å²) >= 11 is 0. The number of aliphatic hydroxyl groups excluding tert-OH is 1. The van der Waals surface area contributed by atoms with Gasteiger partial charge in [-0.2, -0.15) is 0 Å². The Labute approximate surface area is 92.3 Å². The summed E-state index contributed by atoms with van der Waals surface area (Å²) < 4.78 is 5.48. The van der Waals surface area contributed by atoms with Gasteiger partial charge >= 0.3 is 0 Å². The lowest BCUT2D eigenvalue weighted by Gasteiger charge is -1.95. The Morgan fingerprint density at radius 2 is 2.00 bits per heavy atom. The molecule has 0 aliphatic carbocycles. The molecule has 2 aromatic carbocycles. The summed E-state index contributed by atoms with van der Waals surface area (Å²) in [4.78, 5) is 4.32. The van der Waals surface area contributed by atoms with Crippen LogP contribution in [0.15, 0.2) is 40.8 Å². The maximum Gasteiger partial charge on any atom is 0.224 e. The molecule has 0 saturated heterocycles. The molecule has 16 heavy (non-hydrogen) atoms. The lowest BCUT2D eigenvalue weighted by atomic mass is 10.1. The predicted octanol–water partition coefficient (Wildman–Crippen LogP) is 3.03. The topological polar surface area (TPSA) is 46.3 Å². The van der Waals surface area contributed by atoms with Crippen LogP contribution in [-0.4, -0.2) is 10.1 Å². The normalized spacial score (nSPS) is 13.4. The van der Waals surface area contributed by atoms with Gasteiger partial charge in [0.15, 0.2) is 5.58 Å². The van der Waals surface area contributed by atoms with Crippen molar-refractivity contribution in [1.82, 2.24) is 4.98 Å². The Morgan fingerprint density at radius 1 is 1.19 bits per heavy atom. The van der Waals surface area contributed by atoms with E-state index >= 15 is 0 Å². The van der Waals surface area contributed by atoms with Gasteiger partial charge in [0.25, 0.3) is 0 Å². The van der Waals surface area contributed by atoms with Gasteiger partial charge in [0.05, 0.1) is 0 Å². The van der Waals surface area contributed by atoms with E-state index in [1.165, 1.54) is 0 Å². The van der Waals surface area contributed by atoms with Crippen molar-refractivity contribution in [2.45, 2.75) is 13.0 Å². The average molecular weight is 213 g/mol. The smallest absolute Gasteiger partial charge is 0.224 e. The summed E-state index contributed by atoms with van der Waals surface area (Å²) in [6.45, 7) is 1.65. The van der Waals surface area contributed by atoms with E-state index in [-0.39, 0.29) is 0 Å². The van der Waals surface area contributed by atoms with Crippen molar-refractivity contribution in [3.63, 3.8) is 0 Å². The number of rotatable bonds is 1. The molecular weight excluding hydrogens is 202 g/mol. The molecule has 0 aliphatic rings. The molecule has 3 heteroatoms. The quantitative estimate of drug-likeness (QED) is 0.675. The van der Waals surface area contributed by atoms with Gasteiger partial charge in [0, 0.05) is 5.39 Å². The second kappa shape index (κ2) is 3.32. The van der Waals surface area contributed by atoms with Crippen LogP contribution < -0.4 is 0 Å². The summed E-state index contributed by atoms with van der Waals surface area (Å²) in [7, 11) is 0. The molecule has 1 heterocycles. The van der Waals surface area contributed by atoms with Crippen molar-refractivity contribution in [2.24, 2.45) is 0 Å². The van der Waals surface area contributed by atoms with E-state index in [0.29, 0.717) is 5.89 Å². The number of aliphatic hydroxyl groups is 1. The number of hydrogen-bond acceptors (Lipinski definition) is 3. The minimum Gasteiger partial charge on any atom is -0.438 e. The molecule has 0 aliphatic heterocycles. The van der Waals surface area contributed by atoms with Gasteiger partial charge < -0.3 is 9.52 Å². The molecule has 3 aromatic rings. The fraction of sp³-hybridized carbons (Fsp3) is 0.154. The summed E-state index contributed by atoms with van der Waals surface area (Å²) in [6.07, 6.45) is -0.675. The number of fused-ring (bicyclic) bond motifs is 3. The van der Waals surface area contributed by atoms with E-state index < -0.39 is 6.10 Å². The van der Waals surface area contributed by atoms with Crippen molar-refractivity contribution in [2.75, 3.05) is 0 Å². The van der Waals surface area contributed by atoms with Crippen LogP contribution in [0.2, 0.25) is 0 Å². The molecule has 0 amide bonds. The van der Waals surface area contributed by atoms with Gasteiger partial charge in [0.2, 0.25) is 5.89 Å². The van der Waals surface area contributed by atoms with Crippen LogP contribution >= 0.6 is 0 Å². The first-order valence-corrected chi connectivity index (χ1v) is 5.22. The van der Waals surface area contributed by atoms with Gasteiger partial charge in [-0.3, -0.25) is 0 Å². The highest BCUT2D eigenvalue weighted by atomic mass is 16.4. The van der Waals surface area contributed by atoms with Crippen molar-refractivity contribution < 1.29 is 9.52 Å². The number of aromatic nitrogens is 1. The maximum absolute atomic E-state index is 9.44. The minimum absolute atomic E-state index is 0.367. The van der Waals surface area contributed by atoms with E-state index in [1.54, 1.807) is 6.92 Å². The summed E-state index contributed by atoms with van der Waals surface area (Å²) in [5, 5.41) is 11.6. The molecule has 0 saturated carbocycles. The van der Waals surface area contributed by atoms with E-state index in [2.05, 4.69) is 4.98 Å². The summed E-state index contributed by atoms with van der Waals surface area (Å²) in [6, 6.07) is 11.9. The van der Waals surface area contributed by atoms with E-state index in [4.69, 9.17) is 4.42 Å². The van der Waals surface area contributed by atoms with Gasteiger partial charge in [-0.15, -0.1) is 0 Å². The van der Waals surface area contributed by atoms with Crippen LogP contribution in [0.1, 0.15) is 18.9 Å². The van der Waals surface area contributed by atoms with Crippen molar-refractivity contribution in [1.29, 1.82) is 0 Å². The molecule has 3 rings (SSSR count). The Kier molecular flexibility index (Phi) is 1.94. The van der Waals surface area contributed by atoms with Crippen LogP contribution in [0.25, 0.3) is 21.9 Å². The van der Waals surface area contributed by atoms with Crippen LogP contribution in [0.4, 0.5) is 0 Å². The predicted molar refractivity (Wildman–Crippen MR) is 62.1 cm³/mol. The van der Waals surface area contributed by atoms with Crippen molar-refractivity contribution >= 4 is 21.9 Å². The zero-order valence-electron chi connectivity index (χ0n) is 8.84. The first kappa shape index (κ1) is 9.36. The highest BCUT2D eigenvalue weighted by Gasteiger charge is 2.12. The maximum atomic E-state index is 9.44. The number of nitrogens with zero attached hydrogens (tertiary/aromatic N) is 1. The number of benzene rings is 2. The molecular formula is C13H11NO2. The van der Waals surface area contributed by atoms with Crippen LogP contribution in [-0.2, 0) is 0 Å². The Bertz CT molecular complexity index is 655. The average Bonchev–Trinajstić information content (AvgIpc) is 2.73. The monoisotopic (exact) mass is 213 g/mol. The van der Waals surface area contributed by atoms with Crippen LogP contribution in [0.3, 0.4) is 0 Å². The molecule has 0 fully saturated rings. The molecule has 80 valence electrons. The van der Waals surface area contributed by atoms with E-state index in [1.807, 2.05) is 36.4 Å². The third kappa shape index (κ3) is 1.29. The SMILES string of the molecule is C[C@H](O)c1nc2c(ccc3ccccc32)o1. The zero-order valence-corrected chi connectivity index (χ0v) is 8.84. The van der Waals surface area contributed by atoms with Crippen LogP contribution in [0.5, 0.6) is 0 Å². The Balaban J connectivity index is 2.41. The van der Waals surface area contributed by atoms with Crippen molar-refractivity contribution in [3.8, 4) is 0 Å².